The van der Waals surface area contributed by atoms with Gasteiger partial charge in [0.05, 0.1) is 17.6 Å². The first-order valence-corrected chi connectivity index (χ1v) is 11.8. The number of carbonyl (C=O) groups is 2. The van der Waals surface area contributed by atoms with Gasteiger partial charge in [-0.1, -0.05) is 13.0 Å². The zero-order chi connectivity index (χ0) is 22.1. The molecule has 6 heteroatoms. The molecule has 0 atom stereocenters. The second kappa shape index (κ2) is 8.94. The fourth-order valence-corrected chi connectivity index (χ4v) is 4.69. The summed E-state index contributed by atoms with van der Waals surface area (Å²) in [7, 11) is 0. The predicted octanol–water partition coefficient (Wildman–Crippen LogP) is 3.70. The highest BCUT2D eigenvalue weighted by Gasteiger charge is 2.33. The van der Waals surface area contributed by atoms with Crippen LogP contribution in [-0.4, -0.2) is 52.6 Å². The summed E-state index contributed by atoms with van der Waals surface area (Å²) in [6.45, 7) is 6.62. The average molecular weight is 431 g/mol. The highest BCUT2D eigenvalue weighted by Crippen LogP contribution is 2.40. The number of piperazine rings is 1. The van der Waals surface area contributed by atoms with E-state index in [0.717, 1.165) is 74.5 Å². The van der Waals surface area contributed by atoms with E-state index in [9.17, 15) is 9.59 Å². The lowest BCUT2D eigenvalue weighted by Gasteiger charge is -2.36. The smallest absolute Gasteiger partial charge is 0.181 e. The molecule has 0 N–H and O–H groups in total. The number of fused-ring (bicyclic) bond motifs is 1. The molecular weight excluding hydrogens is 400 g/mol. The quantitative estimate of drug-likeness (QED) is 0.624. The Kier molecular flexibility index (Phi) is 5.87. The molecule has 2 aliphatic carbocycles. The van der Waals surface area contributed by atoms with Gasteiger partial charge in [0.25, 0.3) is 0 Å². The maximum Gasteiger partial charge on any atom is 0.181 e. The van der Waals surface area contributed by atoms with Crippen LogP contribution in [0.1, 0.15) is 59.9 Å². The van der Waals surface area contributed by atoms with E-state index in [1.54, 1.807) is 0 Å². The third-order valence-electron chi connectivity index (χ3n) is 6.69. The van der Waals surface area contributed by atoms with Crippen molar-refractivity contribution in [3.8, 4) is 0 Å². The minimum Gasteiger partial charge on any atom is -0.368 e. The first-order valence-electron chi connectivity index (χ1n) is 11.8. The molecule has 3 aliphatic rings. The number of ketones is 2. The SMILES string of the molecule is CCCC(=O)c1ccc(N2CCN(Cc3cnc4c(c3)CC(=O)C(C3CC3)=C4)CC2)cn1. The number of anilines is 1. The number of hydrogen-bond donors (Lipinski definition) is 0. The summed E-state index contributed by atoms with van der Waals surface area (Å²) in [5, 5.41) is 0. The molecule has 5 rings (SSSR count). The molecule has 0 radical (unpaired) electrons. The Labute approximate surface area is 189 Å². The summed E-state index contributed by atoms with van der Waals surface area (Å²) in [5.41, 5.74) is 5.85. The van der Waals surface area contributed by atoms with Crippen molar-refractivity contribution in [1.29, 1.82) is 0 Å². The third-order valence-corrected chi connectivity index (χ3v) is 6.69. The molecule has 1 saturated heterocycles. The van der Waals surface area contributed by atoms with Crippen LogP contribution in [0.4, 0.5) is 5.69 Å². The van der Waals surface area contributed by atoms with E-state index in [1.807, 2.05) is 37.5 Å². The molecular formula is C26H30N4O2. The number of pyridine rings is 2. The van der Waals surface area contributed by atoms with Crippen LogP contribution in [0.2, 0.25) is 0 Å². The summed E-state index contributed by atoms with van der Waals surface area (Å²) in [5.74, 6) is 0.878. The normalized spacial score (nSPS) is 19.0. The molecule has 0 amide bonds. The first-order chi connectivity index (χ1) is 15.6. The number of carbonyl (C=O) groups excluding carboxylic acids is 2. The van der Waals surface area contributed by atoms with E-state index in [-0.39, 0.29) is 11.6 Å². The lowest BCUT2D eigenvalue weighted by Crippen LogP contribution is -2.46. The topological polar surface area (TPSA) is 66.4 Å². The average Bonchev–Trinajstić information content (AvgIpc) is 3.65. The van der Waals surface area contributed by atoms with Crippen molar-refractivity contribution in [2.75, 3.05) is 31.1 Å². The van der Waals surface area contributed by atoms with Crippen molar-refractivity contribution in [1.82, 2.24) is 14.9 Å². The van der Waals surface area contributed by atoms with Gasteiger partial charge in [0.2, 0.25) is 0 Å². The summed E-state index contributed by atoms with van der Waals surface area (Å²) < 4.78 is 0. The standard InChI is InChI=1S/C26H30N4O2/c1-2-3-25(31)23-7-6-21(16-28-23)30-10-8-29(9-11-30)17-18-12-20-13-26(32)22(19-4-5-19)14-24(20)27-15-18/h6-7,12,14-16,19H,2-5,8-11,13,17H2,1H3. The number of aromatic nitrogens is 2. The number of rotatable bonds is 7. The highest BCUT2D eigenvalue weighted by molar-refractivity contribution is 6.04. The summed E-state index contributed by atoms with van der Waals surface area (Å²) >= 11 is 0. The van der Waals surface area contributed by atoms with Crippen LogP contribution < -0.4 is 4.90 Å². The number of nitrogens with zero attached hydrogens (tertiary/aromatic N) is 4. The van der Waals surface area contributed by atoms with Gasteiger partial charge in [0.15, 0.2) is 11.6 Å². The molecule has 2 aromatic rings. The van der Waals surface area contributed by atoms with Crippen molar-refractivity contribution < 1.29 is 9.59 Å². The lowest BCUT2D eigenvalue weighted by molar-refractivity contribution is -0.115. The van der Waals surface area contributed by atoms with Gasteiger partial charge < -0.3 is 4.90 Å². The predicted molar refractivity (Wildman–Crippen MR) is 125 cm³/mol. The highest BCUT2D eigenvalue weighted by atomic mass is 16.1. The van der Waals surface area contributed by atoms with Gasteiger partial charge in [-0.25, -0.2) is 0 Å². The number of allylic oxidation sites excluding steroid dienone is 1. The summed E-state index contributed by atoms with van der Waals surface area (Å²) in [6, 6.07) is 6.03. The van der Waals surface area contributed by atoms with E-state index in [1.165, 1.54) is 5.56 Å². The van der Waals surface area contributed by atoms with Crippen LogP contribution in [0.5, 0.6) is 0 Å². The van der Waals surface area contributed by atoms with E-state index < -0.39 is 0 Å². The fraction of sp³-hybridized carbons (Fsp3) is 0.462. The van der Waals surface area contributed by atoms with Crippen LogP contribution in [0.25, 0.3) is 6.08 Å². The number of hydrogen-bond acceptors (Lipinski definition) is 6. The molecule has 0 aromatic carbocycles. The molecule has 0 spiro atoms. The van der Waals surface area contributed by atoms with Gasteiger partial charge in [-0.15, -0.1) is 0 Å². The van der Waals surface area contributed by atoms with Crippen molar-refractivity contribution in [2.24, 2.45) is 5.92 Å². The van der Waals surface area contributed by atoms with Crippen molar-refractivity contribution in [2.45, 2.75) is 45.6 Å². The summed E-state index contributed by atoms with van der Waals surface area (Å²) in [4.78, 5) is 38.3. The third kappa shape index (κ3) is 4.51. The van der Waals surface area contributed by atoms with Gasteiger partial charge in [-0.2, -0.15) is 0 Å². The fourth-order valence-electron chi connectivity index (χ4n) is 4.69. The van der Waals surface area contributed by atoms with Crippen molar-refractivity contribution in [3.63, 3.8) is 0 Å². The Morgan fingerprint density at radius 2 is 1.91 bits per heavy atom. The first kappa shape index (κ1) is 21.0. The summed E-state index contributed by atoms with van der Waals surface area (Å²) in [6.07, 6.45) is 10.0. The Morgan fingerprint density at radius 1 is 1.09 bits per heavy atom. The van der Waals surface area contributed by atoms with Gasteiger partial charge >= 0.3 is 0 Å². The van der Waals surface area contributed by atoms with Crippen LogP contribution in [-0.2, 0) is 17.8 Å². The molecule has 1 aliphatic heterocycles. The minimum absolute atomic E-state index is 0.114. The lowest BCUT2D eigenvalue weighted by atomic mass is 9.91. The zero-order valence-electron chi connectivity index (χ0n) is 18.7. The van der Waals surface area contributed by atoms with Gasteiger partial charge in [-0.3, -0.25) is 24.5 Å². The van der Waals surface area contributed by atoms with Crippen molar-refractivity contribution >= 4 is 23.3 Å². The molecule has 1 saturated carbocycles. The van der Waals surface area contributed by atoms with E-state index in [2.05, 4.69) is 25.8 Å². The maximum absolute atomic E-state index is 12.5. The maximum atomic E-state index is 12.5. The van der Waals surface area contributed by atoms with Crippen LogP contribution in [0.15, 0.2) is 36.2 Å². The molecule has 2 aromatic heterocycles. The van der Waals surface area contributed by atoms with E-state index in [4.69, 9.17) is 0 Å². The molecule has 32 heavy (non-hydrogen) atoms. The number of Topliss-reactive ketones (excluding diaryl/α,β-unsaturated/α-hetero) is 2. The largest absolute Gasteiger partial charge is 0.368 e. The molecule has 2 fully saturated rings. The molecule has 6 nitrogen and oxygen atoms in total. The second-order valence-electron chi connectivity index (χ2n) is 9.20. The Morgan fingerprint density at radius 3 is 2.59 bits per heavy atom. The Balaban J connectivity index is 1.17. The van der Waals surface area contributed by atoms with Gasteiger partial charge in [-0.05, 0) is 54.5 Å². The Hall–Kier alpha value is -2.86. The Bertz CT molecular complexity index is 1050. The zero-order valence-corrected chi connectivity index (χ0v) is 18.7. The van der Waals surface area contributed by atoms with Crippen LogP contribution in [0, 0.1) is 5.92 Å². The molecule has 0 bridgehead atoms. The minimum atomic E-state index is 0.114. The monoisotopic (exact) mass is 430 g/mol. The van der Waals surface area contributed by atoms with E-state index >= 15 is 0 Å². The van der Waals surface area contributed by atoms with Gasteiger partial charge in [0, 0.05) is 57.3 Å². The van der Waals surface area contributed by atoms with Crippen LogP contribution in [0.3, 0.4) is 0 Å². The van der Waals surface area contributed by atoms with Crippen LogP contribution >= 0.6 is 0 Å². The molecule has 166 valence electrons. The molecule has 3 heterocycles. The second-order valence-corrected chi connectivity index (χ2v) is 9.20. The van der Waals surface area contributed by atoms with Crippen molar-refractivity contribution in [3.05, 3.63) is 58.7 Å². The van der Waals surface area contributed by atoms with E-state index in [0.29, 0.717) is 24.5 Å². The van der Waals surface area contributed by atoms with Gasteiger partial charge in [0.1, 0.15) is 5.69 Å². The molecule has 0 unspecified atom stereocenters.